The summed E-state index contributed by atoms with van der Waals surface area (Å²) in [5.41, 5.74) is -1.83. The van der Waals surface area contributed by atoms with E-state index in [1.165, 1.54) is 0 Å². The molecule has 0 spiro atoms. The molecule has 0 radical (unpaired) electrons. The average molecular weight is 301 g/mol. The first kappa shape index (κ1) is 20.1. The minimum Gasteiger partial charge on any atom is -0.550 e. The maximum absolute atomic E-state index is 12.3. The zero-order valence-corrected chi connectivity index (χ0v) is 14.1. The summed E-state index contributed by atoms with van der Waals surface area (Å²) in [4.78, 5) is 23.2. The van der Waals surface area contributed by atoms with Gasteiger partial charge in [-0.15, -0.1) is 0 Å². The highest BCUT2D eigenvalue weighted by molar-refractivity contribution is 5.90. The van der Waals surface area contributed by atoms with Crippen molar-refractivity contribution in [1.82, 2.24) is 0 Å². The number of likely N-dealkylation sites (N-methyl/N-ethyl adjacent to an activating group) is 1. The highest BCUT2D eigenvalue weighted by Gasteiger charge is 2.40. The highest BCUT2D eigenvalue weighted by atomic mass is 16.4. The number of carboxylic acid groups (broad SMARTS) is 1. The van der Waals surface area contributed by atoms with Gasteiger partial charge in [-0.2, -0.15) is 0 Å². The van der Waals surface area contributed by atoms with Gasteiger partial charge in [-0.3, -0.25) is 4.79 Å². The maximum Gasteiger partial charge on any atom is 0.177 e. The first-order chi connectivity index (χ1) is 9.50. The van der Waals surface area contributed by atoms with Gasteiger partial charge < -0.3 is 19.5 Å². The number of hydrogen-bond donors (Lipinski definition) is 1. The summed E-state index contributed by atoms with van der Waals surface area (Å²) in [6, 6.07) is 0. The lowest BCUT2D eigenvalue weighted by atomic mass is 9.87. The Morgan fingerprint density at radius 3 is 2.24 bits per heavy atom. The molecule has 0 heterocycles. The van der Waals surface area contributed by atoms with Crippen molar-refractivity contribution in [3.63, 3.8) is 0 Å². The van der Waals surface area contributed by atoms with Gasteiger partial charge in [-0.25, -0.2) is 0 Å². The quantitative estimate of drug-likeness (QED) is 0.571. The molecule has 0 fully saturated rings. The zero-order valence-electron chi connectivity index (χ0n) is 14.1. The van der Waals surface area contributed by atoms with E-state index in [1.54, 1.807) is 0 Å². The standard InChI is InChI=1S/C16H31NO4/c1-6-7-8-13(2)9-10-14(18)16(21,11-15(19)20)12-17(3,4)5/h13,21H,6-12H2,1-5H3. The average Bonchev–Trinajstić information content (AvgIpc) is 2.29. The summed E-state index contributed by atoms with van der Waals surface area (Å²) >= 11 is 0. The molecule has 2 atom stereocenters. The Morgan fingerprint density at radius 2 is 1.81 bits per heavy atom. The Labute approximate surface area is 128 Å². The van der Waals surface area contributed by atoms with E-state index in [0.29, 0.717) is 16.8 Å². The molecule has 124 valence electrons. The number of carboxylic acids is 1. The molecule has 5 heteroatoms. The summed E-state index contributed by atoms with van der Waals surface area (Å²) in [5.74, 6) is -1.37. The van der Waals surface area contributed by atoms with Gasteiger partial charge in [0.2, 0.25) is 0 Å². The van der Waals surface area contributed by atoms with Crippen LogP contribution in [0, 0.1) is 5.92 Å². The van der Waals surface area contributed by atoms with E-state index >= 15 is 0 Å². The first-order valence-electron chi connectivity index (χ1n) is 7.76. The Hall–Kier alpha value is -0.940. The van der Waals surface area contributed by atoms with Crippen LogP contribution in [-0.2, 0) is 9.59 Å². The molecule has 0 saturated carbocycles. The van der Waals surface area contributed by atoms with Crippen LogP contribution in [-0.4, -0.2) is 54.6 Å². The lowest BCUT2D eigenvalue weighted by Gasteiger charge is -2.35. The van der Waals surface area contributed by atoms with Crippen molar-refractivity contribution in [3.05, 3.63) is 0 Å². The van der Waals surface area contributed by atoms with Gasteiger partial charge >= 0.3 is 0 Å². The van der Waals surface area contributed by atoms with Gasteiger partial charge in [-0.05, 0) is 12.3 Å². The largest absolute Gasteiger partial charge is 0.550 e. The molecule has 5 nitrogen and oxygen atoms in total. The number of ketones is 1. The molecule has 0 bridgehead atoms. The van der Waals surface area contributed by atoms with E-state index in [4.69, 9.17) is 0 Å². The van der Waals surface area contributed by atoms with Crippen LogP contribution >= 0.6 is 0 Å². The molecule has 1 N–H and O–H groups in total. The molecular weight excluding hydrogens is 270 g/mol. The van der Waals surface area contributed by atoms with E-state index in [-0.39, 0.29) is 18.7 Å². The van der Waals surface area contributed by atoms with Crippen LogP contribution in [0.2, 0.25) is 0 Å². The number of quaternary nitrogens is 1. The second kappa shape index (κ2) is 8.49. The fraction of sp³-hybridized carbons (Fsp3) is 0.875. The molecule has 2 unspecified atom stereocenters. The van der Waals surface area contributed by atoms with Crippen molar-refractivity contribution in [2.45, 2.75) is 58.0 Å². The first-order valence-corrected chi connectivity index (χ1v) is 7.76. The summed E-state index contributed by atoms with van der Waals surface area (Å²) in [7, 11) is 5.45. The van der Waals surface area contributed by atoms with Gasteiger partial charge in [0.15, 0.2) is 11.4 Å². The number of Topliss-reactive ketones (excluding diaryl/α,β-unsaturated/α-hetero) is 1. The van der Waals surface area contributed by atoms with Gasteiger partial charge in [0, 0.05) is 18.8 Å². The van der Waals surface area contributed by atoms with Gasteiger partial charge in [-0.1, -0.05) is 33.1 Å². The predicted molar refractivity (Wildman–Crippen MR) is 80.4 cm³/mol. The van der Waals surface area contributed by atoms with Crippen LogP contribution < -0.4 is 5.11 Å². The Balaban J connectivity index is 4.69. The Morgan fingerprint density at radius 1 is 1.24 bits per heavy atom. The SMILES string of the molecule is CCCCC(C)CCC(=O)C(O)(CC(=O)[O-])C[N+](C)(C)C. The number of carbonyl (C=O) groups is 2. The topological polar surface area (TPSA) is 77.4 Å². The third-order valence-electron chi connectivity index (χ3n) is 3.61. The highest BCUT2D eigenvalue weighted by Crippen LogP contribution is 2.21. The number of aliphatic hydroxyl groups is 1. The molecule has 0 aliphatic carbocycles. The van der Waals surface area contributed by atoms with Gasteiger partial charge in [0.25, 0.3) is 0 Å². The van der Waals surface area contributed by atoms with Gasteiger partial charge in [0.1, 0.15) is 6.54 Å². The fourth-order valence-electron chi connectivity index (χ4n) is 2.57. The number of hydrogen-bond acceptors (Lipinski definition) is 4. The molecule has 0 amide bonds. The molecule has 0 saturated heterocycles. The van der Waals surface area contributed by atoms with Gasteiger partial charge in [0.05, 0.1) is 21.1 Å². The van der Waals surface area contributed by atoms with Crippen LogP contribution in [0.1, 0.15) is 52.4 Å². The Kier molecular flexibility index (Phi) is 8.11. The predicted octanol–water partition coefficient (Wildman–Crippen LogP) is 0.739. The lowest BCUT2D eigenvalue weighted by molar-refractivity contribution is -0.875. The van der Waals surface area contributed by atoms with Crippen LogP contribution in [0.25, 0.3) is 0 Å². The van der Waals surface area contributed by atoms with E-state index < -0.39 is 18.0 Å². The molecule has 0 aliphatic heterocycles. The number of nitrogens with zero attached hydrogens (tertiary/aromatic N) is 1. The third-order valence-corrected chi connectivity index (χ3v) is 3.61. The number of aliphatic carboxylic acids is 1. The van der Waals surface area contributed by atoms with Crippen molar-refractivity contribution >= 4 is 11.8 Å². The molecule has 0 rings (SSSR count). The molecule has 0 aromatic carbocycles. The fourth-order valence-corrected chi connectivity index (χ4v) is 2.57. The van der Waals surface area contributed by atoms with Crippen molar-refractivity contribution in [1.29, 1.82) is 0 Å². The second-order valence-electron chi connectivity index (χ2n) is 7.24. The summed E-state index contributed by atoms with van der Waals surface area (Å²) in [6.45, 7) is 4.28. The smallest absolute Gasteiger partial charge is 0.177 e. The molecule has 21 heavy (non-hydrogen) atoms. The lowest BCUT2D eigenvalue weighted by Crippen LogP contribution is -2.56. The monoisotopic (exact) mass is 301 g/mol. The van der Waals surface area contributed by atoms with Crippen molar-refractivity contribution in [2.24, 2.45) is 5.92 Å². The Bertz CT molecular complexity index is 349. The van der Waals surface area contributed by atoms with E-state index in [9.17, 15) is 19.8 Å². The van der Waals surface area contributed by atoms with Crippen LogP contribution in [0.5, 0.6) is 0 Å². The van der Waals surface area contributed by atoms with E-state index in [1.807, 2.05) is 21.1 Å². The van der Waals surface area contributed by atoms with Crippen molar-refractivity contribution < 1.29 is 24.3 Å². The van der Waals surface area contributed by atoms with Crippen LogP contribution in [0.3, 0.4) is 0 Å². The molecule has 0 aliphatic rings. The second-order valence-corrected chi connectivity index (χ2v) is 7.24. The van der Waals surface area contributed by atoms with Crippen LogP contribution in [0.15, 0.2) is 0 Å². The van der Waals surface area contributed by atoms with E-state index in [0.717, 1.165) is 19.3 Å². The van der Waals surface area contributed by atoms with Crippen molar-refractivity contribution in [2.75, 3.05) is 27.7 Å². The summed E-state index contributed by atoms with van der Waals surface area (Å²) in [5, 5.41) is 21.3. The van der Waals surface area contributed by atoms with Crippen molar-refractivity contribution in [3.8, 4) is 0 Å². The van der Waals surface area contributed by atoms with Crippen LogP contribution in [0.4, 0.5) is 0 Å². The third kappa shape index (κ3) is 8.83. The maximum atomic E-state index is 12.3. The summed E-state index contributed by atoms with van der Waals surface area (Å²) in [6.07, 6.45) is 3.56. The van der Waals surface area contributed by atoms with E-state index in [2.05, 4.69) is 13.8 Å². The minimum atomic E-state index is -1.83. The number of rotatable bonds is 11. The number of carbonyl (C=O) groups excluding carboxylic acids is 2. The zero-order chi connectivity index (χ0) is 16.7. The normalized spacial score (nSPS) is 16.3. The minimum absolute atomic E-state index is 0.0726. The molecule has 0 aromatic heterocycles. The molecular formula is C16H31NO4. The molecule has 0 aromatic rings. The number of unbranched alkanes of at least 4 members (excludes halogenated alkanes) is 1. The summed E-state index contributed by atoms with van der Waals surface area (Å²) < 4.78 is 0.320.